The number of aliphatic hydroxyl groups excluding tert-OH is 1. The first-order valence-electron chi connectivity index (χ1n) is 35.2. The van der Waals surface area contributed by atoms with Gasteiger partial charge in [-0.3, -0.25) is 9.36 Å². The Balaban J connectivity index is 4.02. The van der Waals surface area contributed by atoms with E-state index >= 15 is 0 Å². The maximum absolute atomic E-state index is 13.0. The van der Waals surface area contributed by atoms with Gasteiger partial charge in [0.05, 0.1) is 39.9 Å². The van der Waals surface area contributed by atoms with Gasteiger partial charge in [-0.05, 0) is 89.9 Å². The number of allylic oxidation sites excluding steroid dienone is 17. The van der Waals surface area contributed by atoms with Crippen LogP contribution in [-0.2, 0) is 18.4 Å². The maximum atomic E-state index is 13.0. The van der Waals surface area contributed by atoms with E-state index in [1.165, 1.54) is 205 Å². The fourth-order valence-electron chi connectivity index (χ4n) is 10.0. The third-order valence-corrected chi connectivity index (χ3v) is 16.4. The fraction of sp³-hybridized carbons (Fsp3) is 0.747. The van der Waals surface area contributed by atoms with E-state index in [0.717, 1.165) is 83.5 Å². The van der Waals surface area contributed by atoms with Crippen molar-refractivity contribution in [3.63, 3.8) is 0 Å². The Kier molecular flexibility index (Phi) is 62.4. The molecule has 3 unspecified atom stereocenters. The molecule has 0 fully saturated rings. The molecule has 0 saturated heterocycles. The number of carbonyl (C=O) groups excluding carboxylic acids is 1. The average Bonchev–Trinajstić information content (AvgIpc) is 3.56. The molecule has 1 amide bonds. The molecule has 0 spiro atoms. The van der Waals surface area contributed by atoms with Gasteiger partial charge in [-0.15, -0.1) is 0 Å². The Hall–Kier alpha value is -2.84. The monoisotopic (exact) mass is 1190 g/mol. The zero-order chi connectivity index (χ0) is 61.2. The Morgan fingerprint density at radius 1 is 0.429 bits per heavy atom. The third kappa shape index (κ3) is 66.7. The summed E-state index contributed by atoms with van der Waals surface area (Å²) in [6, 6.07) is -0.908. The number of hydrogen-bond acceptors (Lipinski definition) is 6. The number of likely N-dealkylation sites (N-methyl/N-ethyl adjacent to an activating group) is 1. The number of carbonyl (C=O) groups is 1. The first kappa shape index (κ1) is 81.2. The molecule has 8 nitrogen and oxygen atoms in total. The number of unbranched alkanes of at least 4 members (excludes halogenated alkanes) is 35. The van der Waals surface area contributed by atoms with E-state index in [-0.39, 0.29) is 12.5 Å². The highest BCUT2D eigenvalue weighted by atomic mass is 31.2. The first-order valence-corrected chi connectivity index (χ1v) is 36.7. The fourth-order valence-corrected chi connectivity index (χ4v) is 10.8. The lowest BCUT2D eigenvalue weighted by Gasteiger charge is -2.29. The highest BCUT2D eigenvalue weighted by Gasteiger charge is 2.23. The van der Waals surface area contributed by atoms with Gasteiger partial charge in [-0.25, -0.2) is 0 Å². The van der Waals surface area contributed by atoms with Gasteiger partial charge >= 0.3 is 0 Å². The number of nitrogens with zero attached hydrogens (tertiary/aromatic N) is 1. The molecule has 2 N–H and O–H groups in total. The summed E-state index contributed by atoms with van der Waals surface area (Å²) in [5, 5.41) is 13.9. The quantitative estimate of drug-likeness (QED) is 0.0272. The molecule has 84 heavy (non-hydrogen) atoms. The lowest BCUT2D eigenvalue weighted by molar-refractivity contribution is -0.870. The smallest absolute Gasteiger partial charge is 0.268 e. The largest absolute Gasteiger partial charge is 0.756 e. The molecule has 0 aliphatic carbocycles. The lowest BCUT2D eigenvalue weighted by Crippen LogP contribution is -2.45. The summed E-state index contributed by atoms with van der Waals surface area (Å²) in [7, 11) is 1.25. The van der Waals surface area contributed by atoms with Gasteiger partial charge in [0.2, 0.25) is 5.91 Å². The molecular formula is C75H135N2O6P. The van der Waals surface area contributed by atoms with Gasteiger partial charge in [-0.2, -0.15) is 0 Å². The Labute approximate surface area is 521 Å². The molecule has 0 rings (SSSR count). The van der Waals surface area contributed by atoms with Crippen molar-refractivity contribution < 1.29 is 32.9 Å². The van der Waals surface area contributed by atoms with Gasteiger partial charge in [0.1, 0.15) is 13.2 Å². The number of aliphatic hydroxyl groups is 1. The SMILES string of the molecule is CC/C=C\C/C=C\C/C=C\C/C=C\C/C=C\C/C=C\C/C=C\CCCCCCCCCCCCCCCCCCCCCC(=O)NC(COP(=O)([O-])OCC[N+](C)(C)C)C(O)/C=C/CC/C=C/CCCCCCCCCCCCCCCCC. The third-order valence-electron chi connectivity index (χ3n) is 15.5. The minimum absolute atomic E-state index is 0.00827. The number of phosphoric ester groups is 1. The molecule has 0 bridgehead atoms. The van der Waals surface area contributed by atoms with Crippen LogP contribution in [-0.4, -0.2) is 68.5 Å². The Morgan fingerprint density at radius 2 is 0.738 bits per heavy atom. The molecule has 3 atom stereocenters. The van der Waals surface area contributed by atoms with E-state index in [0.29, 0.717) is 17.4 Å². The van der Waals surface area contributed by atoms with Crippen LogP contribution in [0.4, 0.5) is 0 Å². The standard InChI is InChI=1S/C75H135N2O6P/c1-6-8-10-12-14-16-18-20-22-24-26-28-29-30-31-32-33-34-35-36-37-38-39-40-41-42-43-44-45-46-47-49-51-53-55-57-59-61-63-65-67-69-75(79)76-73(72-83-84(80,81)82-71-70-77(3,4)5)74(78)68-66-64-62-60-58-56-54-52-50-48-27-25-23-21-19-17-15-13-11-9-7-2/h8,10,14,16,20,22,26,28,30-31,33-34,36-37,58,60,66,68,73-74,78H,6-7,9,11-13,15,17-19,21,23-25,27,29,32,35,38-57,59,61-65,67,69-72H2,1-5H3,(H-,76,79,80,81)/b10-8-,16-14-,22-20-,28-26-,31-30-,34-33-,37-36-,60-58+,68-66+. The maximum Gasteiger partial charge on any atom is 0.268 e. The summed E-state index contributed by atoms with van der Waals surface area (Å²) in [6.07, 6.45) is 95.0. The molecular weight excluding hydrogens is 1060 g/mol. The zero-order valence-electron chi connectivity index (χ0n) is 55.6. The molecule has 0 aromatic rings. The zero-order valence-corrected chi connectivity index (χ0v) is 56.5. The molecule has 0 radical (unpaired) electrons. The molecule has 0 aromatic carbocycles. The second-order valence-corrected chi connectivity index (χ2v) is 26.3. The molecule has 486 valence electrons. The van der Waals surface area contributed by atoms with Gasteiger partial charge in [0.15, 0.2) is 0 Å². The van der Waals surface area contributed by atoms with Crippen LogP contribution in [0, 0.1) is 0 Å². The van der Waals surface area contributed by atoms with Crippen molar-refractivity contribution in [2.24, 2.45) is 0 Å². The minimum atomic E-state index is -4.61. The summed E-state index contributed by atoms with van der Waals surface area (Å²) in [5.41, 5.74) is 0. The minimum Gasteiger partial charge on any atom is -0.756 e. The van der Waals surface area contributed by atoms with E-state index in [1.807, 2.05) is 27.2 Å². The van der Waals surface area contributed by atoms with Crippen molar-refractivity contribution in [1.82, 2.24) is 5.32 Å². The van der Waals surface area contributed by atoms with Crippen LogP contribution >= 0.6 is 7.82 Å². The van der Waals surface area contributed by atoms with Crippen LogP contribution in [0.1, 0.15) is 309 Å². The summed E-state index contributed by atoms with van der Waals surface area (Å²) < 4.78 is 23.4. The van der Waals surface area contributed by atoms with Crippen LogP contribution in [0.5, 0.6) is 0 Å². The average molecular weight is 1190 g/mol. The summed E-state index contributed by atoms with van der Waals surface area (Å²) >= 11 is 0. The van der Waals surface area contributed by atoms with Crippen molar-refractivity contribution in [3.8, 4) is 0 Å². The second kappa shape index (κ2) is 64.6. The Bertz CT molecular complexity index is 1740. The highest BCUT2D eigenvalue weighted by Crippen LogP contribution is 2.38. The van der Waals surface area contributed by atoms with Gasteiger partial charge in [0, 0.05) is 6.42 Å². The molecule has 9 heteroatoms. The van der Waals surface area contributed by atoms with Crippen molar-refractivity contribution in [2.45, 2.75) is 321 Å². The number of nitrogens with one attached hydrogen (secondary N) is 1. The highest BCUT2D eigenvalue weighted by molar-refractivity contribution is 7.45. The van der Waals surface area contributed by atoms with Crippen molar-refractivity contribution in [2.75, 3.05) is 40.9 Å². The van der Waals surface area contributed by atoms with Crippen LogP contribution < -0.4 is 10.2 Å². The number of phosphoric acid groups is 1. The molecule has 0 aliphatic rings. The number of amides is 1. The molecule has 0 aliphatic heterocycles. The summed E-state index contributed by atoms with van der Waals surface area (Å²) in [5.74, 6) is -0.205. The second-order valence-electron chi connectivity index (χ2n) is 24.8. The van der Waals surface area contributed by atoms with E-state index in [9.17, 15) is 19.4 Å². The van der Waals surface area contributed by atoms with Crippen LogP contribution in [0.2, 0.25) is 0 Å². The van der Waals surface area contributed by atoms with Crippen LogP contribution in [0.25, 0.3) is 0 Å². The van der Waals surface area contributed by atoms with Gasteiger partial charge < -0.3 is 28.8 Å². The number of rotatable bonds is 64. The van der Waals surface area contributed by atoms with Gasteiger partial charge in [-0.1, -0.05) is 322 Å². The molecule has 0 heterocycles. The topological polar surface area (TPSA) is 108 Å². The Morgan fingerprint density at radius 3 is 1.11 bits per heavy atom. The number of hydrogen-bond donors (Lipinski definition) is 2. The molecule has 0 saturated carbocycles. The molecule has 0 aromatic heterocycles. The van der Waals surface area contributed by atoms with Crippen molar-refractivity contribution in [1.29, 1.82) is 0 Å². The first-order chi connectivity index (χ1) is 41.0. The number of quaternary nitrogens is 1. The lowest BCUT2D eigenvalue weighted by atomic mass is 10.0. The van der Waals surface area contributed by atoms with E-state index in [1.54, 1.807) is 6.08 Å². The summed E-state index contributed by atoms with van der Waals surface area (Å²) in [4.78, 5) is 25.6. The van der Waals surface area contributed by atoms with E-state index < -0.39 is 26.6 Å². The van der Waals surface area contributed by atoms with Crippen LogP contribution in [0.3, 0.4) is 0 Å². The van der Waals surface area contributed by atoms with Crippen molar-refractivity contribution in [3.05, 3.63) is 109 Å². The predicted octanol–water partition coefficient (Wildman–Crippen LogP) is 22.0. The van der Waals surface area contributed by atoms with E-state index in [4.69, 9.17) is 9.05 Å². The summed E-state index contributed by atoms with van der Waals surface area (Å²) in [6.45, 7) is 4.54. The van der Waals surface area contributed by atoms with Crippen molar-refractivity contribution >= 4 is 13.7 Å². The normalized spacial score (nSPS) is 14.3. The van der Waals surface area contributed by atoms with Gasteiger partial charge in [0.25, 0.3) is 7.82 Å². The van der Waals surface area contributed by atoms with Crippen LogP contribution in [0.15, 0.2) is 109 Å². The predicted molar refractivity (Wildman–Crippen MR) is 366 cm³/mol. The van der Waals surface area contributed by atoms with E-state index in [2.05, 4.69) is 116 Å².